The van der Waals surface area contributed by atoms with Crippen LogP contribution in [0, 0.1) is 0 Å². The van der Waals surface area contributed by atoms with Crippen LogP contribution in [0.15, 0.2) is 51.2 Å². The number of aromatic nitrogens is 1. The van der Waals surface area contributed by atoms with Crippen LogP contribution in [0.5, 0.6) is 0 Å². The highest BCUT2D eigenvalue weighted by Crippen LogP contribution is 2.24. The van der Waals surface area contributed by atoms with Gasteiger partial charge in [0.15, 0.2) is 0 Å². The number of pyridine rings is 1. The molecule has 106 valence electrons. The lowest BCUT2D eigenvalue weighted by atomic mass is 10.1. The number of nitrogens with zero attached hydrogens (tertiary/aromatic N) is 1. The molecule has 3 aromatic rings. The molecule has 0 saturated carbocycles. The van der Waals surface area contributed by atoms with Gasteiger partial charge in [0.2, 0.25) is 5.43 Å². The average molecular weight is 364 g/mol. The molecule has 0 aliphatic carbocycles. The first-order valence-corrected chi connectivity index (χ1v) is 7.77. The fraction of sp³-hybridized carbons (Fsp3) is 0.0667. The maximum atomic E-state index is 12.2. The molecule has 2 aromatic heterocycles. The smallest absolute Gasteiger partial charge is 0.341 e. The van der Waals surface area contributed by atoms with E-state index >= 15 is 0 Å². The zero-order valence-electron chi connectivity index (χ0n) is 10.7. The second kappa shape index (κ2) is 5.46. The third-order valence-electron chi connectivity index (χ3n) is 3.17. The number of hydrogen-bond donors (Lipinski definition) is 1. The minimum Gasteiger partial charge on any atom is -0.477 e. The number of para-hydroxylation sites is 1. The molecule has 0 saturated heterocycles. The standard InChI is InChI=1S/C15H10BrNO3S/c16-13-6-5-9(21-13)7-17-8-11(15(19)20)14(18)10-3-1-2-4-12(10)17/h1-6,8H,7H2,(H,19,20). The molecule has 3 rings (SSSR count). The molecule has 0 aliphatic heterocycles. The van der Waals surface area contributed by atoms with Crippen molar-refractivity contribution in [2.24, 2.45) is 0 Å². The zero-order valence-corrected chi connectivity index (χ0v) is 13.1. The Morgan fingerprint density at radius 2 is 2.00 bits per heavy atom. The number of benzene rings is 1. The van der Waals surface area contributed by atoms with Crippen molar-refractivity contribution in [2.75, 3.05) is 0 Å². The number of carboxylic acid groups (broad SMARTS) is 1. The third kappa shape index (κ3) is 2.64. The van der Waals surface area contributed by atoms with Crippen LogP contribution in [0.1, 0.15) is 15.2 Å². The van der Waals surface area contributed by atoms with Crippen LogP contribution in [-0.2, 0) is 6.54 Å². The molecule has 4 nitrogen and oxygen atoms in total. The van der Waals surface area contributed by atoms with Crippen molar-refractivity contribution in [2.45, 2.75) is 6.54 Å². The molecule has 0 aliphatic rings. The SMILES string of the molecule is O=C(O)c1cn(Cc2ccc(Br)s2)c2ccccc2c1=O. The fourth-order valence-corrected chi connectivity index (χ4v) is 3.72. The van der Waals surface area contributed by atoms with Gasteiger partial charge in [0.1, 0.15) is 5.56 Å². The third-order valence-corrected chi connectivity index (χ3v) is 4.78. The van der Waals surface area contributed by atoms with Crippen LogP contribution < -0.4 is 5.43 Å². The summed E-state index contributed by atoms with van der Waals surface area (Å²) < 4.78 is 2.82. The Morgan fingerprint density at radius 1 is 1.24 bits per heavy atom. The lowest BCUT2D eigenvalue weighted by molar-refractivity contribution is 0.0695. The molecule has 2 heterocycles. The molecule has 0 atom stereocenters. The molecule has 0 unspecified atom stereocenters. The summed E-state index contributed by atoms with van der Waals surface area (Å²) in [6.45, 7) is 0.525. The highest BCUT2D eigenvalue weighted by atomic mass is 79.9. The number of halogens is 1. The monoisotopic (exact) mass is 363 g/mol. The van der Waals surface area contributed by atoms with E-state index in [0.717, 1.165) is 14.2 Å². The van der Waals surface area contributed by atoms with E-state index in [0.29, 0.717) is 11.9 Å². The molecule has 1 N–H and O–H groups in total. The van der Waals surface area contributed by atoms with Crippen LogP contribution in [-0.4, -0.2) is 15.6 Å². The quantitative estimate of drug-likeness (QED) is 0.773. The summed E-state index contributed by atoms with van der Waals surface area (Å²) >= 11 is 4.99. The Labute approximate surface area is 132 Å². The fourth-order valence-electron chi connectivity index (χ4n) is 2.23. The molecule has 0 fully saturated rings. The Bertz CT molecular complexity index is 897. The summed E-state index contributed by atoms with van der Waals surface area (Å²) in [6.07, 6.45) is 1.42. The maximum Gasteiger partial charge on any atom is 0.341 e. The number of carboxylic acids is 1. The lowest BCUT2D eigenvalue weighted by Crippen LogP contribution is -2.19. The highest BCUT2D eigenvalue weighted by Gasteiger charge is 2.14. The molecule has 0 radical (unpaired) electrons. The van der Waals surface area contributed by atoms with Gasteiger partial charge in [0.05, 0.1) is 15.8 Å². The lowest BCUT2D eigenvalue weighted by Gasteiger charge is -2.11. The Morgan fingerprint density at radius 3 is 2.67 bits per heavy atom. The van der Waals surface area contributed by atoms with Gasteiger partial charge in [0.25, 0.3) is 0 Å². The molecule has 1 aromatic carbocycles. The van der Waals surface area contributed by atoms with Gasteiger partial charge >= 0.3 is 5.97 Å². The maximum absolute atomic E-state index is 12.2. The molecule has 6 heteroatoms. The summed E-state index contributed by atoms with van der Waals surface area (Å²) in [5.74, 6) is -1.20. The molecule has 0 amide bonds. The number of fused-ring (bicyclic) bond motifs is 1. The first-order valence-electron chi connectivity index (χ1n) is 6.16. The summed E-state index contributed by atoms with van der Waals surface area (Å²) in [4.78, 5) is 24.5. The minimum atomic E-state index is -1.20. The number of thiophene rings is 1. The van der Waals surface area contributed by atoms with Crippen LogP contribution in [0.3, 0.4) is 0 Å². The number of rotatable bonds is 3. The predicted octanol–water partition coefficient (Wildman–Crippen LogP) is 3.57. The highest BCUT2D eigenvalue weighted by molar-refractivity contribution is 9.11. The van der Waals surface area contributed by atoms with Gasteiger partial charge in [-0.15, -0.1) is 11.3 Å². The van der Waals surface area contributed by atoms with E-state index in [2.05, 4.69) is 15.9 Å². The predicted molar refractivity (Wildman–Crippen MR) is 86.3 cm³/mol. The average Bonchev–Trinajstić information content (AvgIpc) is 2.87. The van der Waals surface area contributed by atoms with Gasteiger partial charge in [-0.1, -0.05) is 12.1 Å². The van der Waals surface area contributed by atoms with Crippen molar-refractivity contribution in [3.05, 3.63) is 67.0 Å². The second-order valence-electron chi connectivity index (χ2n) is 4.53. The number of hydrogen-bond acceptors (Lipinski definition) is 3. The van der Waals surface area contributed by atoms with Gasteiger partial charge in [-0.05, 0) is 40.2 Å². The topological polar surface area (TPSA) is 59.3 Å². The summed E-state index contributed by atoms with van der Waals surface area (Å²) in [5.41, 5.74) is 0.0862. The number of carbonyl (C=O) groups is 1. The van der Waals surface area contributed by atoms with E-state index in [4.69, 9.17) is 0 Å². The Hall–Kier alpha value is -1.92. The number of aromatic carboxylic acids is 1. The van der Waals surface area contributed by atoms with Crippen molar-refractivity contribution >= 4 is 44.1 Å². The summed E-state index contributed by atoms with van der Waals surface area (Å²) in [5, 5.41) is 9.63. The van der Waals surface area contributed by atoms with Gasteiger partial charge < -0.3 is 9.67 Å². The molecular formula is C15H10BrNO3S. The van der Waals surface area contributed by atoms with Crippen molar-refractivity contribution in [3.8, 4) is 0 Å². The van der Waals surface area contributed by atoms with E-state index in [-0.39, 0.29) is 5.56 Å². The van der Waals surface area contributed by atoms with Crippen molar-refractivity contribution in [3.63, 3.8) is 0 Å². The van der Waals surface area contributed by atoms with Crippen LogP contribution in [0.2, 0.25) is 0 Å². The molecule has 0 bridgehead atoms. The van der Waals surface area contributed by atoms with Crippen LogP contribution >= 0.6 is 27.3 Å². The Balaban J connectivity index is 2.23. The first kappa shape index (κ1) is 14.0. The normalized spacial score (nSPS) is 10.9. The van der Waals surface area contributed by atoms with E-state index in [9.17, 15) is 14.7 Å². The molecular weight excluding hydrogens is 354 g/mol. The van der Waals surface area contributed by atoms with E-state index in [1.165, 1.54) is 6.20 Å². The largest absolute Gasteiger partial charge is 0.477 e. The van der Waals surface area contributed by atoms with Gasteiger partial charge in [-0.2, -0.15) is 0 Å². The van der Waals surface area contributed by atoms with Gasteiger partial charge in [-0.3, -0.25) is 4.79 Å². The summed E-state index contributed by atoms with van der Waals surface area (Å²) in [6, 6.07) is 11.0. The second-order valence-corrected chi connectivity index (χ2v) is 7.08. The van der Waals surface area contributed by atoms with E-state index in [1.54, 1.807) is 28.0 Å². The molecule has 21 heavy (non-hydrogen) atoms. The van der Waals surface area contributed by atoms with Crippen molar-refractivity contribution in [1.82, 2.24) is 4.57 Å². The first-order chi connectivity index (χ1) is 10.1. The van der Waals surface area contributed by atoms with Crippen LogP contribution in [0.4, 0.5) is 0 Å². The van der Waals surface area contributed by atoms with Crippen LogP contribution in [0.25, 0.3) is 10.9 Å². The van der Waals surface area contributed by atoms with Gasteiger partial charge in [-0.25, -0.2) is 4.79 Å². The van der Waals surface area contributed by atoms with E-state index < -0.39 is 11.4 Å². The zero-order chi connectivity index (χ0) is 15.0. The Kier molecular flexibility index (Phi) is 3.65. The molecule has 0 spiro atoms. The van der Waals surface area contributed by atoms with Crippen molar-refractivity contribution in [1.29, 1.82) is 0 Å². The van der Waals surface area contributed by atoms with Crippen molar-refractivity contribution < 1.29 is 9.90 Å². The van der Waals surface area contributed by atoms with E-state index in [1.807, 2.05) is 24.3 Å². The minimum absolute atomic E-state index is 0.204. The van der Waals surface area contributed by atoms with Gasteiger partial charge in [0, 0.05) is 16.5 Å². The summed E-state index contributed by atoms with van der Waals surface area (Å²) in [7, 11) is 0.